The van der Waals surface area contributed by atoms with Crippen LogP contribution in [0.2, 0.25) is 0 Å². The van der Waals surface area contributed by atoms with Crippen LogP contribution < -0.4 is 5.32 Å². The summed E-state index contributed by atoms with van der Waals surface area (Å²) in [5.74, 6) is 0.163. The number of likely N-dealkylation sites (tertiary alicyclic amines) is 1. The Hall–Kier alpha value is -1.30. The fraction of sp³-hybridized carbons (Fsp3) is 0.875. The van der Waals surface area contributed by atoms with Crippen LogP contribution in [0.25, 0.3) is 0 Å². The first-order chi connectivity index (χ1) is 10.3. The summed E-state index contributed by atoms with van der Waals surface area (Å²) in [4.78, 5) is 28.5. The number of hydrogen-bond acceptors (Lipinski definition) is 4. The van der Waals surface area contributed by atoms with Crippen molar-refractivity contribution >= 4 is 12.0 Å². The molecular formula is C16H27N3O3. The first kappa shape index (κ1) is 15.6. The number of rotatable bonds is 2. The first-order valence-corrected chi connectivity index (χ1v) is 8.34. The molecule has 0 aromatic carbocycles. The molecule has 3 rings (SSSR count). The molecule has 0 bridgehead atoms. The highest BCUT2D eigenvalue weighted by atomic mass is 16.6. The second-order valence-electron chi connectivity index (χ2n) is 7.78. The fourth-order valence-electron chi connectivity index (χ4n) is 3.84. The summed E-state index contributed by atoms with van der Waals surface area (Å²) in [6.07, 6.45) is 3.88. The number of nitrogens with zero attached hydrogens (tertiary/aromatic N) is 2. The smallest absolute Gasteiger partial charge is 0.410 e. The Balaban J connectivity index is 1.48. The van der Waals surface area contributed by atoms with Crippen LogP contribution in [-0.2, 0) is 9.53 Å². The third kappa shape index (κ3) is 2.81. The zero-order valence-corrected chi connectivity index (χ0v) is 13.9. The molecular weight excluding hydrogens is 282 g/mol. The van der Waals surface area contributed by atoms with Gasteiger partial charge >= 0.3 is 6.09 Å². The van der Waals surface area contributed by atoms with Gasteiger partial charge in [-0.2, -0.15) is 0 Å². The molecule has 3 aliphatic rings. The molecule has 0 atom stereocenters. The van der Waals surface area contributed by atoms with Crippen LogP contribution in [0.1, 0.15) is 46.5 Å². The molecule has 22 heavy (non-hydrogen) atoms. The van der Waals surface area contributed by atoms with Gasteiger partial charge < -0.3 is 15.0 Å². The average molecular weight is 309 g/mol. The van der Waals surface area contributed by atoms with Crippen molar-refractivity contribution in [1.82, 2.24) is 15.1 Å². The lowest BCUT2D eigenvalue weighted by molar-refractivity contribution is -0.132. The molecule has 0 aliphatic carbocycles. The summed E-state index contributed by atoms with van der Waals surface area (Å²) in [5, 5.41) is 3.14. The Kier molecular flexibility index (Phi) is 3.83. The Morgan fingerprint density at radius 2 is 1.73 bits per heavy atom. The molecule has 6 nitrogen and oxygen atoms in total. The molecule has 0 aromatic heterocycles. The van der Waals surface area contributed by atoms with Crippen molar-refractivity contribution in [3.63, 3.8) is 0 Å². The third-order valence-corrected chi connectivity index (χ3v) is 4.93. The summed E-state index contributed by atoms with van der Waals surface area (Å²) in [5.41, 5.74) is -0.731. The van der Waals surface area contributed by atoms with Crippen molar-refractivity contribution in [2.24, 2.45) is 0 Å². The van der Waals surface area contributed by atoms with Crippen LogP contribution in [-0.4, -0.2) is 65.2 Å². The molecule has 0 radical (unpaired) electrons. The minimum atomic E-state index is -0.474. The zero-order chi connectivity index (χ0) is 16.0. The van der Waals surface area contributed by atoms with E-state index >= 15 is 0 Å². The van der Waals surface area contributed by atoms with Gasteiger partial charge in [-0.05, 0) is 59.5 Å². The second kappa shape index (κ2) is 5.41. The number of fused-ring (bicyclic) bond motifs is 1. The van der Waals surface area contributed by atoms with E-state index < -0.39 is 5.60 Å². The predicted molar refractivity (Wildman–Crippen MR) is 82.5 cm³/mol. The third-order valence-electron chi connectivity index (χ3n) is 4.93. The highest BCUT2D eigenvalue weighted by Crippen LogP contribution is 2.39. The van der Waals surface area contributed by atoms with Crippen LogP contribution in [0.5, 0.6) is 0 Å². The molecule has 3 fully saturated rings. The molecule has 6 heteroatoms. The maximum atomic E-state index is 12.7. The second-order valence-corrected chi connectivity index (χ2v) is 7.78. The van der Waals surface area contributed by atoms with Crippen molar-refractivity contribution in [2.45, 2.75) is 63.6 Å². The van der Waals surface area contributed by atoms with E-state index in [0.717, 1.165) is 38.8 Å². The zero-order valence-electron chi connectivity index (χ0n) is 13.9. The van der Waals surface area contributed by atoms with E-state index in [0.29, 0.717) is 13.1 Å². The van der Waals surface area contributed by atoms with Crippen molar-refractivity contribution in [2.75, 3.05) is 26.2 Å². The summed E-state index contributed by atoms with van der Waals surface area (Å²) in [7, 11) is 0. The Labute approximate surface area is 132 Å². The van der Waals surface area contributed by atoms with Gasteiger partial charge in [0.1, 0.15) is 11.1 Å². The van der Waals surface area contributed by atoms with Gasteiger partial charge in [-0.1, -0.05) is 0 Å². The lowest BCUT2D eigenvalue weighted by Gasteiger charge is -2.42. The van der Waals surface area contributed by atoms with Gasteiger partial charge in [0.05, 0.1) is 6.04 Å². The highest BCUT2D eigenvalue weighted by Gasteiger charge is 2.51. The van der Waals surface area contributed by atoms with E-state index in [2.05, 4.69) is 10.2 Å². The van der Waals surface area contributed by atoms with Gasteiger partial charge in [-0.15, -0.1) is 0 Å². The van der Waals surface area contributed by atoms with Gasteiger partial charge in [-0.3, -0.25) is 9.69 Å². The minimum absolute atomic E-state index is 0.0671. The van der Waals surface area contributed by atoms with Gasteiger partial charge in [-0.25, -0.2) is 4.79 Å². The van der Waals surface area contributed by atoms with E-state index in [1.807, 2.05) is 20.8 Å². The van der Waals surface area contributed by atoms with Gasteiger partial charge in [0.25, 0.3) is 0 Å². The molecule has 3 aliphatic heterocycles. The molecule has 0 spiro atoms. The number of carbonyl (C=O) groups is 2. The molecule has 0 saturated carbocycles. The number of carbonyl (C=O) groups excluding carboxylic acids is 2. The average Bonchev–Trinajstić information content (AvgIpc) is 2.89. The van der Waals surface area contributed by atoms with E-state index in [1.54, 1.807) is 4.90 Å². The molecule has 3 heterocycles. The molecule has 1 N–H and O–H groups in total. The number of amides is 2. The SMILES string of the molecule is CC(C)(C)OC(=O)N1CC(NC(=O)C23CCCN2CCC3)C1. The summed E-state index contributed by atoms with van der Waals surface area (Å²) >= 11 is 0. The lowest BCUT2D eigenvalue weighted by Crippen LogP contribution is -2.65. The predicted octanol–water partition coefficient (Wildman–Crippen LogP) is 1.35. The number of hydrogen-bond donors (Lipinski definition) is 1. The summed E-state index contributed by atoms with van der Waals surface area (Å²) in [6.45, 7) is 8.77. The molecule has 124 valence electrons. The maximum Gasteiger partial charge on any atom is 0.410 e. The summed E-state index contributed by atoms with van der Waals surface area (Å²) < 4.78 is 5.33. The quantitative estimate of drug-likeness (QED) is 0.836. The van der Waals surface area contributed by atoms with Crippen LogP contribution in [0.3, 0.4) is 0 Å². The van der Waals surface area contributed by atoms with Gasteiger partial charge in [0.2, 0.25) is 5.91 Å². The maximum absolute atomic E-state index is 12.7. The Morgan fingerprint density at radius 1 is 1.14 bits per heavy atom. The number of ether oxygens (including phenoxy) is 1. The molecule has 3 saturated heterocycles. The van der Waals surface area contributed by atoms with E-state index in [1.165, 1.54) is 0 Å². The van der Waals surface area contributed by atoms with Crippen LogP contribution in [0.4, 0.5) is 4.79 Å². The van der Waals surface area contributed by atoms with E-state index in [-0.39, 0.29) is 23.6 Å². The summed E-state index contributed by atoms with van der Waals surface area (Å²) in [6, 6.07) is 0.0671. The molecule has 2 amide bonds. The van der Waals surface area contributed by atoms with Crippen molar-refractivity contribution < 1.29 is 14.3 Å². The van der Waals surface area contributed by atoms with Gasteiger partial charge in [0.15, 0.2) is 0 Å². The Bertz CT molecular complexity index is 456. The van der Waals surface area contributed by atoms with Crippen LogP contribution in [0, 0.1) is 0 Å². The van der Waals surface area contributed by atoms with Crippen LogP contribution >= 0.6 is 0 Å². The van der Waals surface area contributed by atoms with E-state index in [9.17, 15) is 9.59 Å². The first-order valence-electron chi connectivity index (χ1n) is 8.34. The highest BCUT2D eigenvalue weighted by molar-refractivity contribution is 5.87. The van der Waals surface area contributed by atoms with Crippen molar-refractivity contribution in [1.29, 1.82) is 0 Å². The van der Waals surface area contributed by atoms with Crippen molar-refractivity contribution in [3.05, 3.63) is 0 Å². The topological polar surface area (TPSA) is 61.9 Å². The molecule has 0 unspecified atom stereocenters. The van der Waals surface area contributed by atoms with E-state index in [4.69, 9.17) is 4.74 Å². The lowest BCUT2D eigenvalue weighted by atomic mass is 9.92. The normalized spacial score (nSPS) is 24.8. The monoisotopic (exact) mass is 309 g/mol. The largest absolute Gasteiger partial charge is 0.444 e. The van der Waals surface area contributed by atoms with Crippen LogP contribution in [0.15, 0.2) is 0 Å². The fourth-order valence-corrected chi connectivity index (χ4v) is 3.84. The van der Waals surface area contributed by atoms with Gasteiger partial charge in [0, 0.05) is 13.1 Å². The van der Waals surface area contributed by atoms with Crippen molar-refractivity contribution in [3.8, 4) is 0 Å². The minimum Gasteiger partial charge on any atom is -0.444 e. The number of nitrogens with one attached hydrogen (secondary N) is 1. The molecule has 0 aromatic rings. The standard InChI is InChI=1S/C16H27N3O3/c1-15(2,3)22-14(21)18-10-12(11-18)17-13(20)16-6-4-8-19(16)9-5-7-16/h12H,4-11H2,1-3H3,(H,17,20). The Morgan fingerprint density at radius 3 is 2.27 bits per heavy atom.